The molecule has 1 amide bonds. The summed E-state index contributed by atoms with van der Waals surface area (Å²) in [4.78, 5) is 24.1. The third-order valence-corrected chi connectivity index (χ3v) is 3.82. The van der Waals surface area contributed by atoms with Crippen LogP contribution in [-0.2, 0) is 4.74 Å². The van der Waals surface area contributed by atoms with E-state index in [0.29, 0.717) is 10.2 Å². The minimum atomic E-state index is -0.615. The van der Waals surface area contributed by atoms with Crippen LogP contribution in [0, 0.1) is 5.82 Å². The lowest BCUT2D eigenvalue weighted by Gasteiger charge is -2.12. The number of nitrogens with one attached hydrogen (secondary N) is 1. The normalized spacial score (nSPS) is 10.2. The predicted octanol–water partition coefficient (Wildman–Crippen LogP) is 4.03. The summed E-state index contributed by atoms with van der Waals surface area (Å²) in [7, 11) is 1.27. The molecule has 0 saturated carbocycles. The zero-order valence-electron chi connectivity index (χ0n) is 13.1. The first-order valence-electron chi connectivity index (χ1n) is 7.08. The van der Waals surface area contributed by atoms with Gasteiger partial charge in [0.15, 0.2) is 11.6 Å². The predicted molar refractivity (Wildman–Crippen MR) is 91.0 cm³/mol. The van der Waals surface area contributed by atoms with Crippen LogP contribution in [0.25, 0.3) is 0 Å². The molecule has 0 aliphatic carbocycles. The molecule has 0 fully saturated rings. The van der Waals surface area contributed by atoms with Gasteiger partial charge in [0.25, 0.3) is 5.91 Å². The Kier molecular flexibility index (Phi) is 5.92. The van der Waals surface area contributed by atoms with Crippen molar-refractivity contribution in [3.05, 3.63) is 57.8 Å². The maximum atomic E-state index is 13.8. The lowest BCUT2D eigenvalue weighted by Crippen LogP contribution is -2.15. The van der Waals surface area contributed by atoms with E-state index in [1.165, 1.54) is 31.4 Å². The van der Waals surface area contributed by atoms with Gasteiger partial charge in [0, 0.05) is 10.2 Å². The third-order valence-electron chi connectivity index (χ3n) is 3.13. The molecular formula is C17H15BrFNO4. The first kappa shape index (κ1) is 17.9. The molecule has 2 aromatic carbocycles. The van der Waals surface area contributed by atoms with E-state index in [4.69, 9.17) is 4.74 Å². The molecule has 7 heteroatoms. The van der Waals surface area contributed by atoms with Crippen LogP contribution < -0.4 is 10.1 Å². The highest BCUT2D eigenvalue weighted by Gasteiger charge is 2.18. The molecule has 126 valence electrons. The molecule has 24 heavy (non-hydrogen) atoms. The van der Waals surface area contributed by atoms with Crippen molar-refractivity contribution in [1.29, 1.82) is 0 Å². The maximum Gasteiger partial charge on any atom is 0.339 e. The number of ether oxygens (including phenoxy) is 2. The number of esters is 1. The smallest absolute Gasteiger partial charge is 0.339 e. The molecule has 2 aromatic rings. The maximum absolute atomic E-state index is 13.8. The van der Waals surface area contributed by atoms with Gasteiger partial charge in [0.2, 0.25) is 0 Å². The number of methoxy groups -OCH3 is 1. The van der Waals surface area contributed by atoms with E-state index in [9.17, 15) is 14.0 Å². The van der Waals surface area contributed by atoms with Gasteiger partial charge in [0.1, 0.15) is 0 Å². The second-order valence-corrected chi connectivity index (χ2v) is 5.54. The first-order valence-corrected chi connectivity index (χ1v) is 7.87. The van der Waals surface area contributed by atoms with Gasteiger partial charge in [0.05, 0.1) is 24.8 Å². The fourth-order valence-electron chi connectivity index (χ4n) is 2.05. The van der Waals surface area contributed by atoms with Crippen molar-refractivity contribution in [2.24, 2.45) is 0 Å². The Morgan fingerprint density at radius 2 is 1.96 bits per heavy atom. The van der Waals surface area contributed by atoms with Crippen LogP contribution in [-0.4, -0.2) is 25.6 Å². The number of amides is 1. The van der Waals surface area contributed by atoms with Gasteiger partial charge in [-0.2, -0.15) is 0 Å². The standard InChI is InChI=1S/C17H15BrFNO4/c1-3-24-15-11(5-4-6-14(15)19)16(21)20-10-7-8-13(18)12(9-10)17(22)23-2/h4-9H,3H2,1-2H3,(H,20,21). The number of anilines is 1. The Balaban J connectivity index is 2.31. The summed E-state index contributed by atoms with van der Waals surface area (Å²) in [5.74, 6) is -1.81. The molecule has 0 saturated heterocycles. The van der Waals surface area contributed by atoms with Crippen LogP contribution in [0.1, 0.15) is 27.6 Å². The molecule has 0 aliphatic heterocycles. The van der Waals surface area contributed by atoms with Crippen molar-refractivity contribution >= 4 is 33.5 Å². The second kappa shape index (κ2) is 7.92. The summed E-state index contributed by atoms with van der Waals surface area (Å²) in [6, 6.07) is 8.78. The summed E-state index contributed by atoms with van der Waals surface area (Å²) in [6.45, 7) is 1.93. The number of carbonyl (C=O) groups excluding carboxylic acids is 2. The Morgan fingerprint density at radius 1 is 1.21 bits per heavy atom. The number of para-hydroxylation sites is 1. The monoisotopic (exact) mass is 395 g/mol. The minimum Gasteiger partial charge on any atom is -0.490 e. The van der Waals surface area contributed by atoms with Crippen molar-refractivity contribution in [3.8, 4) is 5.75 Å². The van der Waals surface area contributed by atoms with E-state index in [1.54, 1.807) is 19.1 Å². The average molecular weight is 396 g/mol. The number of hydrogen-bond donors (Lipinski definition) is 1. The molecule has 5 nitrogen and oxygen atoms in total. The van der Waals surface area contributed by atoms with Gasteiger partial charge < -0.3 is 14.8 Å². The number of benzene rings is 2. The molecule has 0 atom stereocenters. The second-order valence-electron chi connectivity index (χ2n) is 4.69. The van der Waals surface area contributed by atoms with Crippen LogP contribution in [0.3, 0.4) is 0 Å². The van der Waals surface area contributed by atoms with Crippen LogP contribution in [0.2, 0.25) is 0 Å². The topological polar surface area (TPSA) is 64.6 Å². The first-order chi connectivity index (χ1) is 11.5. The van der Waals surface area contributed by atoms with E-state index in [2.05, 4.69) is 26.0 Å². The van der Waals surface area contributed by atoms with Crippen LogP contribution in [0.5, 0.6) is 5.75 Å². The van der Waals surface area contributed by atoms with Gasteiger partial charge >= 0.3 is 5.97 Å². The molecule has 1 N–H and O–H groups in total. The molecule has 0 bridgehead atoms. The van der Waals surface area contributed by atoms with E-state index >= 15 is 0 Å². The lowest BCUT2D eigenvalue weighted by molar-refractivity contribution is 0.0599. The molecular weight excluding hydrogens is 381 g/mol. The van der Waals surface area contributed by atoms with Crippen molar-refractivity contribution in [3.63, 3.8) is 0 Å². The van der Waals surface area contributed by atoms with Crippen molar-refractivity contribution < 1.29 is 23.5 Å². The SMILES string of the molecule is CCOc1c(F)cccc1C(=O)Nc1ccc(Br)c(C(=O)OC)c1. The van der Waals surface area contributed by atoms with Crippen molar-refractivity contribution in [2.45, 2.75) is 6.92 Å². The lowest BCUT2D eigenvalue weighted by atomic mass is 10.1. The number of carbonyl (C=O) groups is 2. The van der Waals surface area contributed by atoms with Gasteiger partial charge in [-0.15, -0.1) is 0 Å². The fraction of sp³-hybridized carbons (Fsp3) is 0.176. The molecule has 0 aliphatic rings. The number of rotatable bonds is 5. The third kappa shape index (κ3) is 3.91. The highest BCUT2D eigenvalue weighted by atomic mass is 79.9. The van der Waals surface area contributed by atoms with Gasteiger partial charge in [-0.1, -0.05) is 6.07 Å². The summed E-state index contributed by atoms with van der Waals surface area (Å²) in [6.07, 6.45) is 0. The Morgan fingerprint density at radius 3 is 2.62 bits per heavy atom. The van der Waals surface area contributed by atoms with Crippen LogP contribution >= 0.6 is 15.9 Å². The molecule has 0 heterocycles. The highest BCUT2D eigenvalue weighted by molar-refractivity contribution is 9.10. The Labute approximate surface area is 146 Å². The average Bonchev–Trinajstić information content (AvgIpc) is 2.57. The van der Waals surface area contributed by atoms with E-state index in [-0.39, 0.29) is 23.5 Å². The quantitative estimate of drug-likeness (QED) is 0.776. The molecule has 0 unspecified atom stereocenters. The molecule has 0 aromatic heterocycles. The van der Waals surface area contributed by atoms with Gasteiger partial charge in [-0.05, 0) is 53.2 Å². The molecule has 2 rings (SSSR count). The Bertz CT molecular complexity index is 779. The Hall–Kier alpha value is -2.41. The minimum absolute atomic E-state index is 0.0689. The van der Waals surface area contributed by atoms with Gasteiger partial charge in [-0.25, -0.2) is 9.18 Å². The van der Waals surface area contributed by atoms with E-state index < -0.39 is 17.7 Å². The van der Waals surface area contributed by atoms with E-state index in [1.807, 2.05) is 0 Å². The number of halogens is 2. The van der Waals surface area contributed by atoms with Crippen molar-refractivity contribution in [2.75, 3.05) is 19.0 Å². The van der Waals surface area contributed by atoms with Crippen LogP contribution in [0.4, 0.5) is 10.1 Å². The van der Waals surface area contributed by atoms with Crippen LogP contribution in [0.15, 0.2) is 40.9 Å². The zero-order chi connectivity index (χ0) is 17.7. The molecule has 0 spiro atoms. The zero-order valence-corrected chi connectivity index (χ0v) is 14.6. The largest absolute Gasteiger partial charge is 0.490 e. The fourth-order valence-corrected chi connectivity index (χ4v) is 2.46. The molecule has 0 radical (unpaired) electrons. The summed E-state index contributed by atoms with van der Waals surface area (Å²) >= 11 is 3.24. The van der Waals surface area contributed by atoms with E-state index in [0.717, 1.165) is 0 Å². The van der Waals surface area contributed by atoms with Crippen molar-refractivity contribution in [1.82, 2.24) is 0 Å². The highest BCUT2D eigenvalue weighted by Crippen LogP contribution is 2.26. The number of hydrogen-bond acceptors (Lipinski definition) is 4. The van der Waals surface area contributed by atoms with Gasteiger partial charge in [-0.3, -0.25) is 4.79 Å². The summed E-state index contributed by atoms with van der Waals surface area (Å²) in [5.41, 5.74) is 0.703. The summed E-state index contributed by atoms with van der Waals surface area (Å²) in [5, 5.41) is 2.62. The summed E-state index contributed by atoms with van der Waals surface area (Å²) < 4.78 is 24.3.